The van der Waals surface area contributed by atoms with Gasteiger partial charge in [0.2, 0.25) is 0 Å². The molecule has 2 aliphatic heterocycles. The van der Waals surface area contributed by atoms with Crippen LogP contribution in [0.25, 0.3) is 0 Å². The fourth-order valence-electron chi connectivity index (χ4n) is 2.51. The molecule has 2 heterocycles. The van der Waals surface area contributed by atoms with Crippen LogP contribution < -0.4 is 0 Å². The fourth-order valence-corrected chi connectivity index (χ4v) is 3.12. The maximum atomic E-state index is 10.0. The van der Waals surface area contributed by atoms with Crippen molar-refractivity contribution in [2.75, 3.05) is 18.6 Å². The van der Waals surface area contributed by atoms with Crippen molar-refractivity contribution >= 4 is 11.8 Å². The van der Waals surface area contributed by atoms with Gasteiger partial charge in [-0.2, -0.15) is 11.8 Å². The van der Waals surface area contributed by atoms with Crippen LogP contribution in [0.15, 0.2) is 0 Å². The number of hydrogen-bond donors (Lipinski definition) is 6. The van der Waals surface area contributed by atoms with E-state index in [1.54, 1.807) is 0 Å². The van der Waals surface area contributed by atoms with Crippen LogP contribution in [0.4, 0.5) is 0 Å². The van der Waals surface area contributed by atoms with Gasteiger partial charge in [-0.05, 0) is 6.26 Å². The molecule has 9 atom stereocenters. The summed E-state index contributed by atoms with van der Waals surface area (Å²) in [4.78, 5) is 0. The molecular formula is C12H22O9S. The summed E-state index contributed by atoms with van der Waals surface area (Å²) in [5.41, 5.74) is 0. The summed E-state index contributed by atoms with van der Waals surface area (Å²) in [6.45, 7) is -0.587. The van der Waals surface area contributed by atoms with Crippen LogP contribution in [0.3, 0.4) is 0 Å². The maximum Gasteiger partial charge on any atom is 0.187 e. The minimum Gasteiger partial charge on any atom is -0.394 e. The molecule has 0 bridgehead atoms. The normalized spacial score (nSPS) is 49.5. The number of aliphatic hydroxyl groups excluding tert-OH is 6. The minimum absolute atomic E-state index is 0.429. The number of ether oxygens (including phenoxy) is 3. The van der Waals surface area contributed by atoms with Crippen molar-refractivity contribution < 1.29 is 44.8 Å². The lowest BCUT2D eigenvalue weighted by Crippen LogP contribution is -2.60. The van der Waals surface area contributed by atoms with Gasteiger partial charge in [0.05, 0.1) is 12.7 Å². The van der Waals surface area contributed by atoms with Crippen molar-refractivity contribution in [1.29, 1.82) is 0 Å². The Hall–Kier alpha value is -0.0100. The Morgan fingerprint density at radius 2 is 1.59 bits per heavy atom. The molecule has 0 saturated carbocycles. The van der Waals surface area contributed by atoms with Crippen LogP contribution in [-0.2, 0) is 14.2 Å². The average molecular weight is 342 g/mol. The zero-order valence-electron chi connectivity index (χ0n) is 11.9. The van der Waals surface area contributed by atoms with Crippen LogP contribution >= 0.6 is 11.8 Å². The molecule has 0 aromatic heterocycles. The second kappa shape index (κ2) is 7.71. The third kappa shape index (κ3) is 3.56. The summed E-state index contributed by atoms with van der Waals surface area (Å²) in [7, 11) is 0. The van der Waals surface area contributed by atoms with Crippen molar-refractivity contribution in [2.24, 2.45) is 0 Å². The summed E-state index contributed by atoms with van der Waals surface area (Å²) >= 11 is 1.41. The molecule has 0 aliphatic carbocycles. The van der Waals surface area contributed by atoms with Crippen molar-refractivity contribution in [2.45, 2.75) is 55.3 Å². The Kier molecular flexibility index (Phi) is 6.42. The Morgan fingerprint density at radius 1 is 0.909 bits per heavy atom. The van der Waals surface area contributed by atoms with Gasteiger partial charge in [-0.25, -0.2) is 0 Å². The van der Waals surface area contributed by atoms with E-state index in [1.165, 1.54) is 11.8 Å². The van der Waals surface area contributed by atoms with Crippen LogP contribution in [0.1, 0.15) is 0 Å². The topological polar surface area (TPSA) is 149 Å². The first-order valence-electron chi connectivity index (χ1n) is 6.87. The van der Waals surface area contributed by atoms with Crippen molar-refractivity contribution in [3.8, 4) is 0 Å². The summed E-state index contributed by atoms with van der Waals surface area (Å²) in [5, 5.41) is 58.3. The molecule has 0 aromatic carbocycles. The van der Waals surface area contributed by atoms with Gasteiger partial charge in [0, 0.05) is 5.75 Å². The molecule has 2 saturated heterocycles. The standard InChI is InChI=1S/C12H22O9S/c1-22-3-5-6(14)8(16)12(20-5)21-10-7(15)4(2-13)19-11(18)9(10)17/h4-18H,2-3H2,1H3/t4?,5-,6?,7+,8+,9-,10+,11?,12+/m1/s1. The van der Waals surface area contributed by atoms with E-state index in [9.17, 15) is 25.5 Å². The molecule has 2 rings (SSSR count). The zero-order valence-corrected chi connectivity index (χ0v) is 12.7. The third-order valence-corrected chi connectivity index (χ3v) is 4.44. The first kappa shape index (κ1) is 18.3. The minimum atomic E-state index is -1.66. The summed E-state index contributed by atoms with van der Waals surface area (Å²) < 4.78 is 15.6. The van der Waals surface area contributed by atoms with E-state index >= 15 is 0 Å². The molecule has 0 aromatic rings. The molecule has 0 radical (unpaired) electrons. The second-order valence-electron chi connectivity index (χ2n) is 5.31. The predicted molar refractivity (Wildman–Crippen MR) is 73.9 cm³/mol. The molecule has 3 unspecified atom stereocenters. The van der Waals surface area contributed by atoms with Crippen LogP contribution in [-0.4, -0.2) is 105 Å². The lowest BCUT2D eigenvalue weighted by Gasteiger charge is -2.41. The molecule has 0 amide bonds. The predicted octanol–water partition coefficient (Wildman–Crippen LogP) is -3.39. The Bertz CT molecular complexity index is 359. The highest BCUT2D eigenvalue weighted by molar-refractivity contribution is 7.98. The van der Waals surface area contributed by atoms with E-state index in [0.717, 1.165) is 0 Å². The van der Waals surface area contributed by atoms with Gasteiger partial charge in [0.25, 0.3) is 0 Å². The van der Waals surface area contributed by atoms with Gasteiger partial charge in [0.15, 0.2) is 12.6 Å². The van der Waals surface area contributed by atoms with Gasteiger partial charge in [-0.3, -0.25) is 0 Å². The second-order valence-corrected chi connectivity index (χ2v) is 6.22. The van der Waals surface area contributed by atoms with E-state index in [0.29, 0.717) is 5.75 Å². The monoisotopic (exact) mass is 342 g/mol. The summed E-state index contributed by atoms with van der Waals surface area (Å²) in [5.74, 6) is 0.429. The molecule has 10 heteroatoms. The zero-order chi connectivity index (χ0) is 16.4. The highest BCUT2D eigenvalue weighted by Crippen LogP contribution is 2.29. The molecular weight excluding hydrogens is 320 g/mol. The maximum absolute atomic E-state index is 10.0. The molecule has 2 aliphatic rings. The SMILES string of the molecule is CSC[C@H]1O[C@@H](O[C@@H]2[C@@H](O)C(O)OC(CO)[C@@H]2O)[C@@H](O)C1O. The Morgan fingerprint density at radius 3 is 2.18 bits per heavy atom. The lowest BCUT2D eigenvalue weighted by molar-refractivity contribution is -0.320. The smallest absolute Gasteiger partial charge is 0.187 e. The number of thioether (sulfide) groups is 1. The van der Waals surface area contributed by atoms with Crippen LogP contribution in [0.5, 0.6) is 0 Å². The molecule has 130 valence electrons. The molecule has 22 heavy (non-hydrogen) atoms. The number of aliphatic hydroxyl groups is 6. The highest BCUT2D eigenvalue weighted by Gasteiger charge is 2.50. The van der Waals surface area contributed by atoms with Crippen molar-refractivity contribution in [3.63, 3.8) is 0 Å². The van der Waals surface area contributed by atoms with E-state index in [-0.39, 0.29) is 0 Å². The largest absolute Gasteiger partial charge is 0.394 e. The fraction of sp³-hybridized carbons (Fsp3) is 1.00. The third-order valence-electron chi connectivity index (χ3n) is 3.78. The van der Waals surface area contributed by atoms with Gasteiger partial charge in [-0.15, -0.1) is 0 Å². The van der Waals surface area contributed by atoms with Crippen molar-refractivity contribution in [1.82, 2.24) is 0 Å². The molecule has 2 fully saturated rings. The summed E-state index contributed by atoms with van der Waals surface area (Å²) in [6, 6.07) is 0. The molecule has 0 spiro atoms. The van der Waals surface area contributed by atoms with Crippen LogP contribution in [0, 0.1) is 0 Å². The highest BCUT2D eigenvalue weighted by atomic mass is 32.2. The van der Waals surface area contributed by atoms with E-state index in [1.807, 2.05) is 6.26 Å². The Labute approximate surface area is 131 Å². The number of hydrogen-bond acceptors (Lipinski definition) is 10. The van der Waals surface area contributed by atoms with Gasteiger partial charge < -0.3 is 44.8 Å². The van der Waals surface area contributed by atoms with E-state index in [4.69, 9.17) is 19.3 Å². The van der Waals surface area contributed by atoms with E-state index in [2.05, 4.69) is 0 Å². The van der Waals surface area contributed by atoms with E-state index < -0.39 is 61.9 Å². The quantitative estimate of drug-likeness (QED) is 0.299. The first-order valence-corrected chi connectivity index (χ1v) is 8.26. The summed E-state index contributed by atoms with van der Waals surface area (Å²) in [6.07, 6.45) is -9.81. The number of rotatable bonds is 5. The van der Waals surface area contributed by atoms with Gasteiger partial charge >= 0.3 is 0 Å². The Balaban J connectivity index is 2.04. The van der Waals surface area contributed by atoms with Gasteiger partial charge in [-0.1, -0.05) is 0 Å². The van der Waals surface area contributed by atoms with Crippen LogP contribution in [0.2, 0.25) is 0 Å². The first-order chi connectivity index (χ1) is 10.4. The van der Waals surface area contributed by atoms with Crippen molar-refractivity contribution in [3.05, 3.63) is 0 Å². The lowest BCUT2D eigenvalue weighted by atomic mass is 9.99. The average Bonchev–Trinajstić information content (AvgIpc) is 2.76. The van der Waals surface area contributed by atoms with Gasteiger partial charge in [0.1, 0.15) is 36.6 Å². The molecule has 9 nitrogen and oxygen atoms in total. The molecule has 6 N–H and O–H groups in total.